The van der Waals surface area contributed by atoms with E-state index < -0.39 is 0 Å². The van der Waals surface area contributed by atoms with Gasteiger partial charge in [0.15, 0.2) is 5.16 Å². The topological polar surface area (TPSA) is 64.0 Å². The molecule has 1 amide bonds. The molecule has 0 saturated carbocycles. The smallest absolute Gasteiger partial charge is 0.263 e. The Kier molecular flexibility index (Phi) is 5.43. The molecule has 3 rings (SSSR count). The summed E-state index contributed by atoms with van der Waals surface area (Å²) in [5, 5.41) is 5.27. The van der Waals surface area contributed by atoms with Crippen LogP contribution in [-0.4, -0.2) is 27.3 Å². The number of aromatic nitrogens is 2. The molecule has 136 valence electrons. The van der Waals surface area contributed by atoms with Crippen LogP contribution >= 0.6 is 23.1 Å². The van der Waals surface area contributed by atoms with E-state index in [-0.39, 0.29) is 22.5 Å². The zero-order valence-electron chi connectivity index (χ0n) is 14.6. The minimum atomic E-state index is -0.359. The van der Waals surface area contributed by atoms with Gasteiger partial charge in [-0.3, -0.25) is 14.2 Å². The Bertz CT molecular complexity index is 1010. The summed E-state index contributed by atoms with van der Waals surface area (Å²) in [5.74, 6) is -0.414. The zero-order valence-corrected chi connectivity index (χ0v) is 16.2. The number of nitrogens with one attached hydrogen (secondary N) is 1. The molecule has 0 fully saturated rings. The van der Waals surface area contributed by atoms with Crippen LogP contribution in [0.25, 0.3) is 21.3 Å². The summed E-state index contributed by atoms with van der Waals surface area (Å²) in [6, 6.07) is 6.04. The van der Waals surface area contributed by atoms with E-state index in [1.807, 2.05) is 12.3 Å². The Morgan fingerprint density at radius 1 is 1.38 bits per heavy atom. The van der Waals surface area contributed by atoms with Gasteiger partial charge in [0, 0.05) is 24.5 Å². The van der Waals surface area contributed by atoms with Gasteiger partial charge in [0.05, 0.1) is 10.6 Å². The number of amides is 1. The number of halogens is 1. The van der Waals surface area contributed by atoms with E-state index >= 15 is 0 Å². The molecule has 0 aliphatic carbocycles. The highest BCUT2D eigenvalue weighted by Crippen LogP contribution is 2.32. The highest BCUT2D eigenvalue weighted by Gasteiger charge is 2.20. The molecular weight excluding hydrogens is 373 g/mol. The second-order valence-electron chi connectivity index (χ2n) is 5.75. The maximum Gasteiger partial charge on any atom is 0.263 e. The third-order valence-electron chi connectivity index (χ3n) is 3.93. The molecule has 0 aliphatic heterocycles. The Balaban J connectivity index is 2.03. The van der Waals surface area contributed by atoms with E-state index in [0.717, 1.165) is 11.1 Å². The van der Waals surface area contributed by atoms with Gasteiger partial charge in [-0.15, -0.1) is 11.3 Å². The number of carbonyl (C=O) groups is 1. The zero-order chi connectivity index (χ0) is 18.8. The van der Waals surface area contributed by atoms with Crippen molar-refractivity contribution in [1.29, 1.82) is 0 Å². The Morgan fingerprint density at radius 2 is 2.08 bits per heavy atom. The highest BCUT2D eigenvalue weighted by atomic mass is 32.2. The number of thiophene rings is 1. The minimum Gasteiger partial charge on any atom is -0.355 e. The van der Waals surface area contributed by atoms with Crippen LogP contribution in [0.5, 0.6) is 0 Å². The van der Waals surface area contributed by atoms with Gasteiger partial charge in [0.25, 0.3) is 5.56 Å². The van der Waals surface area contributed by atoms with Crippen molar-refractivity contribution in [3.05, 3.63) is 45.8 Å². The number of nitrogens with zero attached hydrogens (tertiary/aromatic N) is 2. The Labute approximate surface area is 158 Å². The maximum atomic E-state index is 13.2. The van der Waals surface area contributed by atoms with Gasteiger partial charge in [-0.1, -0.05) is 23.9 Å². The maximum absolute atomic E-state index is 13.2. The van der Waals surface area contributed by atoms with Crippen LogP contribution in [0.15, 0.2) is 39.6 Å². The van der Waals surface area contributed by atoms with Crippen LogP contribution in [-0.2, 0) is 11.8 Å². The van der Waals surface area contributed by atoms with E-state index in [4.69, 9.17) is 0 Å². The molecule has 2 aromatic heterocycles. The second-order valence-corrected chi connectivity index (χ2v) is 7.92. The standard InChI is InChI=1S/C18H18FN3O2S2/c1-4-20-15(23)10(2)26-18-21-16-14(17(24)22(18)3)13(9-25-16)11-5-7-12(19)8-6-11/h5-10H,4H2,1-3H3,(H,20,23)/t10-/m1/s1. The monoisotopic (exact) mass is 391 g/mol. The van der Waals surface area contributed by atoms with Gasteiger partial charge in [-0.25, -0.2) is 9.37 Å². The number of carbonyl (C=O) groups excluding carboxylic acids is 1. The van der Waals surface area contributed by atoms with Crippen molar-refractivity contribution in [1.82, 2.24) is 14.9 Å². The molecule has 1 N–H and O–H groups in total. The number of hydrogen-bond donors (Lipinski definition) is 1. The first-order valence-electron chi connectivity index (χ1n) is 8.11. The van der Waals surface area contributed by atoms with Crippen LogP contribution in [0.2, 0.25) is 0 Å². The largest absolute Gasteiger partial charge is 0.355 e. The number of thioether (sulfide) groups is 1. The summed E-state index contributed by atoms with van der Waals surface area (Å²) < 4.78 is 14.6. The van der Waals surface area contributed by atoms with Crippen LogP contribution in [0, 0.1) is 5.82 Å². The SMILES string of the molecule is CCNC(=O)[C@@H](C)Sc1nc2scc(-c3ccc(F)cc3)c2c(=O)n1C. The molecular formula is C18H18FN3O2S2. The predicted molar refractivity (Wildman–Crippen MR) is 104 cm³/mol. The van der Waals surface area contributed by atoms with Crippen LogP contribution in [0.4, 0.5) is 4.39 Å². The Morgan fingerprint density at radius 3 is 2.73 bits per heavy atom. The van der Waals surface area contributed by atoms with Crippen molar-refractivity contribution in [2.45, 2.75) is 24.3 Å². The third kappa shape index (κ3) is 3.52. The first kappa shape index (κ1) is 18.6. The van der Waals surface area contributed by atoms with Crippen molar-refractivity contribution >= 4 is 39.2 Å². The van der Waals surface area contributed by atoms with Gasteiger partial charge in [0.1, 0.15) is 10.6 Å². The average molecular weight is 391 g/mol. The van der Waals surface area contributed by atoms with Crippen LogP contribution in [0.3, 0.4) is 0 Å². The summed E-state index contributed by atoms with van der Waals surface area (Å²) in [5.41, 5.74) is 1.33. The lowest BCUT2D eigenvalue weighted by Crippen LogP contribution is -2.31. The molecule has 0 unspecified atom stereocenters. The van der Waals surface area contributed by atoms with Gasteiger partial charge in [-0.2, -0.15) is 0 Å². The Hall–Kier alpha value is -2.19. The molecule has 2 heterocycles. The van der Waals surface area contributed by atoms with Crippen molar-refractivity contribution in [3.63, 3.8) is 0 Å². The molecule has 0 radical (unpaired) electrons. The van der Waals surface area contributed by atoms with E-state index in [1.54, 1.807) is 26.1 Å². The fourth-order valence-electron chi connectivity index (χ4n) is 2.53. The summed E-state index contributed by atoms with van der Waals surface area (Å²) in [6.45, 7) is 4.20. The molecule has 0 saturated heterocycles. The van der Waals surface area contributed by atoms with E-state index in [2.05, 4.69) is 10.3 Å². The van der Waals surface area contributed by atoms with E-state index in [0.29, 0.717) is 21.9 Å². The predicted octanol–water partition coefficient (Wildman–Crippen LogP) is 3.42. The summed E-state index contributed by atoms with van der Waals surface area (Å²) >= 11 is 2.61. The molecule has 1 atom stereocenters. The number of benzene rings is 1. The number of hydrogen-bond acceptors (Lipinski definition) is 5. The number of rotatable bonds is 5. The third-order valence-corrected chi connectivity index (χ3v) is 5.95. The first-order chi connectivity index (χ1) is 12.4. The quantitative estimate of drug-likeness (QED) is 0.535. The molecule has 1 aromatic carbocycles. The van der Waals surface area contributed by atoms with Gasteiger partial charge >= 0.3 is 0 Å². The molecule has 3 aromatic rings. The summed E-state index contributed by atoms with van der Waals surface area (Å²) in [4.78, 5) is 30.0. The van der Waals surface area contributed by atoms with Crippen molar-refractivity contribution in [2.75, 3.05) is 6.54 Å². The molecule has 26 heavy (non-hydrogen) atoms. The minimum absolute atomic E-state index is 0.0926. The summed E-state index contributed by atoms with van der Waals surface area (Å²) in [6.07, 6.45) is 0. The lowest BCUT2D eigenvalue weighted by Gasteiger charge is -2.13. The molecule has 0 aliphatic rings. The lowest BCUT2D eigenvalue weighted by atomic mass is 10.1. The van der Waals surface area contributed by atoms with Crippen molar-refractivity contribution in [2.24, 2.45) is 7.05 Å². The molecule has 0 bridgehead atoms. The first-order valence-corrected chi connectivity index (χ1v) is 9.86. The van der Waals surface area contributed by atoms with Gasteiger partial charge < -0.3 is 5.32 Å². The molecule has 0 spiro atoms. The highest BCUT2D eigenvalue weighted by molar-refractivity contribution is 8.00. The summed E-state index contributed by atoms with van der Waals surface area (Å²) in [7, 11) is 1.65. The van der Waals surface area contributed by atoms with Gasteiger partial charge in [0.2, 0.25) is 5.91 Å². The molecule has 8 heteroatoms. The van der Waals surface area contributed by atoms with Gasteiger partial charge in [-0.05, 0) is 31.5 Å². The van der Waals surface area contributed by atoms with Crippen LogP contribution < -0.4 is 10.9 Å². The average Bonchev–Trinajstić information content (AvgIpc) is 3.04. The van der Waals surface area contributed by atoms with Crippen molar-refractivity contribution < 1.29 is 9.18 Å². The number of fused-ring (bicyclic) bond motifs is 1. The van der Waals surface area contributed by atoms with Crippen LogP contribution in [0.1, 0.15) is 13.8 Å². The fourth-order valence-corrected chi connectivity index (χ4v) is 4.42. The normalized spacial score (nSPS) is 12.3. The lowest BCUT2D eigenvalue weighted by molar-refractivity contribution is -0.120. The van der Waals surface area contributed by atoms with Crippen molar-refractivity contribution in [3.8, 4) is 11.1 Å². The van der Waals surface area contributed by atoms with E-state index in [9.17, 15) is 14.0 Å². The van der Waals surface area contributed by atoms with E-state index in [1.165, 1.54) is 39.8 Å². The fraction of sp³-hybridized carbons (Fsp3) is 0.278. The molecule has 5 nitrogen and oxygen atoms in total. The second kappa shape index (κ2) is 7.59.